The Balaban J connectivity index is 0. The maximum absolute atomic E-state index is 8.30. The van der Waals surface area contributed by atoms with E-state index in [2.05, 4.69) is 6.92 Å². The summed E-state index contributed by atoms with van der Waals surface area (Å²) in [5.74, 6) is 0. The van der Waals surface area contributed by atoms with Crippen LogP contribution in [0.1, 0.15) is 6.92 Å². The van der Waals surface area contributed by atoms with Gasteiger partial charge < -0.3 is 0 Å². The second kappa shape index (κ2) is 78.3. The van der Waals surface area contributed by atoms with Crippen LogP contribution in [-0.2, 0) is 24.3 Å². The van der Waals surface area contributed by atoms with Gasteiger partial charge in [-0.1, -0.05) is 13.8 Å². The van der Waals surface area contributed by atoms with Crippen molar-refractivity contribution >= 4 is 0 Å². The topological polar surface area (TPSA) is 17.1 Å². The first-order valence-corrected chi connectivity index (χ1v) is 1.79. The second-order valence-electron chi connectivity index (χ2n) is 0. The monoisotopic (exact) mass is 138 g/mol. The third kappa shape index (κ3) is 20.6. The third-order valence-corrected chi connectivity index (χ3v) is 0. The quantitative estimate of drug-likeness (QED) is 0.450. The first-order chi connectivity index (χ1) is 2.00. The zero-order valence-electron chi connectivity index (χ0n) is 2.56. The Kier molecular flexibility index (Phi) is 173. The predicted octanol–water partition coefficient (Wildman–Crippen LogP) is 0.719. The van der Waals surface area contributed by atoms with Crippen molar-refractivity contribution in [1.29, 1.82) is 0 Å². The summed E-state index contributed by atoms with van der Waals surface area (Å²) >= 11 is 0.500. The van der Waals surface area contributed by atoms with Gasteiger partial charge in [-0.25, -0.2) is 0 Å². The van der Waals surface area contributed by atoms with E-state index in [0.29, 0.717) is 21.0 Å². The van der Waals surface area contributed by atoms with E-state index in [4.69, 9.17) is 3.25 Å². The van der Waals surface area contributed by atoms with E-state index in [-0.39, 0.29) is 0 Å². The summed E-state index contributed by atoms with van der Waals surface area (Å²) in [6.45, 7) is 5.00. The molecule has 2 heteroatoms. The van der Waals surface area contributed by atoms with E-state index < -0.39 is 0 Å². The fourth-order valence-corrected chi connectivity index (χ4v) is 0. The van der Waals surface area contributed by atoms with Crippen LogP contribution in [0.2, 0.25) is 0 Å². The Morgan fingerprint density at radius 1 is 1.50 bits per heavy atom. The summed E-state index contributed by atoms with van der Waals surface area (Å²) in [7, 11) is 0. The molecule has 0 spiro atoms. The van der Waals surface area contributed by atoms with Crippen molar-refractivity contribution in [3.8, 4) is 0 Å². The van der Waals surface area contributed by atoms with Crippen LogP contribution in [-0.4, -0.2) is 0 Å². The van der Waals surface area contributed by atoms with Crippen LogP contribution in [0.15, 0.2) is 0 Å². The van der Waals surface area contributed by atoms with Crippen molar-refractivity contribution in [2.24, 2.45) is 0 Å². The summed E-state index contributed by atoms with van der Waals surface area (Å²) in [5.41, 5.74) is 0. The van der Waals surface area contributed by atoms with E-state index in [1.165, 1.54) is 0 Å². The molecule has 0 unspecified atom stereocenters. The van der Waals surface area contributed by atoms with Crippen LogP contribution in [0.5, 0.6) is 0 Å². The van der Waals surface area contributed by atoms with E-state index in [1.54, 1.807) is 6.92 Å². The van der Waals surface area contributed by atoms with Crippen LogP contribution in [0.4, 0.5) is 0 Å². The molecule has 0 heterocycles. The van der Waals surface area contributed by atoms with E-state index in [9.17, 15) is 0 Å². The molecule has 1 nitrogen and oxygen atoms in total. The van der Waals surface area contributed by atoms with Crippen molar-refractivity contribution in [1.82, 2.24) is 0 Å². The molecule has 1 radical (unpaired) electrons. The van der Waals surface area contributed by atoms with Crippen LogP contribution >= 0.6 is 0 Å². The number of hydrogen-bond acceptors (Lipinski definition) is 1. The fourth-order valence-electron chi connectivity index (χ4n) is 0. The van der Waals surface area contributed by atoms with Gasteiger partial charge in [0, 0.05) is 0 Å². The summed E-state index contributed by atoms with van der Waals surface area (Å²) in [4.78, 5) is 0. The van der Waals surface area contributed by atoms with Crippen molar-refractivity contribution in [3.05, 3.63) is 6.92 Å². The van der Waals surface area contributed by atoms with E-state index in [1.807, 2.05) is 0 Å². The van der Waals surface area contributed by atoms with E-state index in [0.717, 1.165) is 0 Å². The molecule has 4 heavy (non-hydrogen) atoms. The third-order valence-electron chi connectivity index (χ3n) is 0. The molecule has 0 bridgehead atoms. The van der Waals surface area contributed by atoms with Gasteiger partial charge in [0.2, 0.25) is 0 Å². The average molecular weight is 138 g/mol. The van der Waals surface area contributed by atoms with Gasteiger partial charge in [0.15, 0.2) is 0 Å². The molecule has 0 atom stereocenters. The maximum atomic E-state index is 8.30. The van der Waals surface area contributed by atoms with Gasteiger partial charge in [-0.3, -0.25) is 0 Å². The van der Waals surface area contributed by atoms with Gasteiger partial charge >= 0.3 is 24.3 Å². The molecule has 0 aromatic carbocycles. The second-order valence-corrected chi connectivity index (χ2v) is 0. The summed E-state index contributed by atoms with van der Waals surface area (Å²) in [5, 5.41) is 0. The molecule has 0 fully saturated rings. The molecule has 0 N–H and O–H groups in total. The molecular formula is C2H5NbO. The first kappa shape index (κ1) is 8.82. The van der Waals surface area contributed by atoms with Gasteiger partial charge in [-0.05, 0) is 0 Å². The first-order valence-electron chi connectivity index (χ1n) is 0.890. The number of hydrogen-bond donors (Lipinski definition) is 0. The standard InChI is InChI=1S/C2H5.Nb.O/c1-2;;/h1H2,2H3;;. The van der Waals surface area contributed by atoms with Gasteiger partial charge in [-0.2, -0.15) is 0 Å². The molecular weight excluding hydrogens is 133 g/mol. The molecule has 0 saturated heterocycles. The molecule has 0 aromatic rings. The minimum atomic E-state index is 0.500. The van der Waals surface area contributed by atoms with Crippen molar-refractivity contribution in [3.63, 3.8) is 0 Å². The molecule has 0 saturated carbocycles. The minimum absolute atomic E-state index is 0.500. The fraction of sp³-hybridized carbons (Fsp3) is 0.500. The normalized spacial score (nSPS) is 2.25. The molecule has 0 aliphatic rings. The van der Waals surface area contributed by atoms with E-state index >= 15 is 0 Å². The van der Waals surface area contributed by atoms with Gasteiger partial charge in [0.25, 0.3) is 0 Å². The summed E-state index contributed by atoms with van der Waals surface area (Å²) in [6, 6.07) is 0. The van der Waals surface area contributed by atoms with Crippen molar-refractivity contribution in [2.75, 3.05) is 0 Å². The molecule has 0 rings (SSSR count). The zero-order chi connectivity index (χ0) is 4.00. The van der Waals surface area contributed by atoms with Gasteiger partial charge in [0.1, 0.15) is 0 Å². The van der Waals surface area contributed by atoms with Gasteiger partial charge in [-0.15, -0.1) is 0 Å². The van der Waals surface area contributed by atoms with Crippen LogP contribution < -0.4 is 0 Å². The van der Waals surface area contributed by atoms with Crippen LogP contribution in [0.3, 0.4) is 0 Å². The molecule has 24 valence electrons. The Labute approximate surface area is 38.7 Å². The SMILES string of the molecule is [CH2]C.[O]=[Nb]. The Morgan fingerprint density at radius 2 is 1.50 bits per heavy atom. The Bertz CT molecular complexity index is 6.00. The molecule has 0 amide bonds. The summed E-state index contributed by atoms with van der Waals surface area (Å²) in [6.07, 6.45) is 0. The average Bonchev–Trinajstić information content (AvgIpc) is 1.50. The summed E-state index contributed by atoms with van der Waals surface area (Å²) < 4.78 is 8.30. The number of rotatable bonds is 0. The van der Waals surface area contributed by atoms with Crippen LogP contribution in [0.25, 0.3) is 0 Å². The van der Waals surface area contributed by atoms with Crippen molar-refractivity contribution < 1.29 is 24.3 Å². The Hall–Kier alpha value is 0.540. The Morgan fingerprint density at radius 3 is 1.50 bits per heavy atom. The van der Waals surface area contributed by atoms with Crippen molar-refractivity contribution in [2.45, 2.75) is 6.92 Å². The molecule has 0 aliphatic heterocycles. The predicted molar refractivity (Wildman–Crippen MR) is 11.7 cm³/mol. The zero-order valence-corrected chi connectivity index (χ0v) is 4.76. The van der Waals surface area contributed by atoms with Crippen LogP contribution in [0, 0.1) is 6.92 Å². The molecule has 0 aromatic heterocycles. The van der Waals surface area contributed by atoms with Gasteiger partial charge in [0.05, 0.1) is 0 Å². The molecule has 0 aliphatic carbocycles.